The second-order valence-electron chi connectivity index (χ2n) is 9.10. The van der Waals surface area contributed by atoms with E-state index in [9.17, 15) is 4.39 Å². The summed E-state index contributed by atoms with van der Waals surface area (Å²) in [7, 11) is 0. The molecule has 2 aliphatic rings. The molecule has 0 bridgehead atoms. The van der Waals surface area contributed by atoms with Crippen LogP contribution in [0, 0.1) is 5.82 Å². The van der Waals surface area contributed by atoms with Gasteiger partial charge in [0.2, 0.25) is 0 Å². The Bertz CT molecular complexity index is 862. The third-order valence-electron chi connectivity index (χ3n) is 6.96. The molecule has 6 heteroatoms. The van der Waals surface area contributed by atoms with Crippen LogP contribution in [0.4, 0.5) is 15.9 Å². The monoisotopic (exact) mass is 440 g/mol. The summed E-state index contributed by atoms with van der Waals surface area (Å²) < 4.78 is 13.4. The number of benzene rings is 1. The number of pyridine rings is 1. The largest absolute Gasteiger partial charge is 0.362 e. The van der Waals surface area contributed by atoms with E-state index in [-0.39, 0.29) is 11.2 Å². The van der Waals surface area contributed by atoms with Gasteiger partial charge in [-0.15, -0.1) is 0 Å². The molecule has 31 heavy (non-hydrogen) atoms. The van der Waals surface area contributed by atoms with Crippen molar-refractivity contribution in [3.63, 3.8) is 0 Å². The number of hydrogen-bond acceptors (Lipinski definition) is 3. The van der Waals surface area contributed by atoms with Gasteiger partial charge >= 0.3 is 0 Å². The molecule has 2 fully saturated rings. The Labute approximate surface area is 190 Å². The first-order chi connectivity index (χ1) is 15.1. The van der Waals surface area contributed by atoms with E-state index in [4.69, 9.17) is 12.2 Å². The zero-order valence-electron chi connectivity index (χ0n) is 18.4. The summed E-state index contributed by atoms with van der Waals surface area (Å²) in [4.78, 5) is 7.05. The molecule has 4 nitrogen and oxygen atoms in total. The van der Waals surface area contributed by atoms with Crippen molar-refractivity contribution in [2.24, 2.45) is 0 Å². The first-order valence-corrected chi connectivity index (χ1v) is 12.0. The molecule has 2 aromatic rings. The molecule has 0 spiro atoms. The van der Waals surface area contributed by atoms with Crippen LogP contribution >= 0.6 is 12.2 Å². The fourth-order valence-electron chi connectivity index (χ4n) is 5.09. The van der Waals surface area contributed by atoms with Gasteiger partial charge in [-0.05, 0) is 81.1 Å². The third kappa shape index (κ3) is 5.35. The Balaban J connectivity index is 1.37. The molecule has 1 aliphatic heterocycles. The highest BCUT2D eigenvalue weighted by Crippen LogP contribution is 2.39. The van der Waals surface area contributed by atoms with E-state index in [0.717, 1.165) is 37.4 Å². The number of halogens is 1. The van der Waals surface area contributed by atoms with Crippen LogP contribution in [-0.2, 0) is 5.41 Å². The fourth-order valence-corrected chi connectivity index (χ4v) is 5.28. The molecule has 2 N–H and O–H groups in total. The maximum absolute atomic E-state index is 13.4. The van der Waals surface area contributed by atoms with Crippen molar-refractivity contribution in [1.29, 1.82) is 0 Å². The van der Waals surface area contributed by atoms with Gasteiger partial charge in [0.25, 0.3) is 0 Å². The van der Waals surface area contributed by atoms with Crippen LogP contribution in [0.3, 0.4) is 0 Å². The van der Waals surface area contributed by atoms with Crippen molar-refractivity contribution in [2.75, 3.05) is 23.3 Å². The van der Waals surface area contributed by atoms with Crippen LogP contribution in [0.25, 0.3) is 0 Å². The predicted octanol–water partition coefficient (Wildman–Crippen LogP) is 5.79. The van der Waals surface area contributed by atoms with Gasteiger partial charge in [-0.1, -0.05) is 31.4 Å². The number of thiocarbonyl (C=S) groups is 1. The summed E-state index contributed by atoms with van der Waals surface area (Å²) in [5, 5.41) is 7.31. The van der Waals surface area contributed by atoms with Crippen LogP contribution in [0.15, 0.2) is 42.6 Å². The average molecular weight is 441 g/mol. The van der Waals surface area contributed by atoms with Crippen LogP contribution in [-0.4, -0.2) is 29.2 Å². The molecule has 1 saturated heterocycles. The number of rotatable bonds is 5. The fraction of sp³-hybridized carbons (Fsp3) is 0.520. The molecule has 1 aromatic heterocycles. The molecular formula is C25H33FN4S. The van der Waals surface area contributed by atoms with E-state index in [0.29, 0.717) is 11.2 Å². The zero-order chi connectivity index (χ0) is 21.7. The standard InChI is InChI=1S/C25H33FN4S/c1-19-7-3-6-16-30(19)23-13-12-22(17-27-23)29-24(31)28-18-25(14-4-2-5-15-25)20-8-10-21(26)11-9-20/h8-13,17,19H,2-7,14-16,18H2,1H3,(H2,28,29,31). The summed E-state index contributed by atoms with van der Waals surface area (Å²) in [6.45, 7) is 4.10. The maximum atomic E-state index is 13.4. The zero-order valence-corrected chi connectivity index (χ0v) is 19.2. The Morgan fingerprint density at radius 1 is 1.10 bits per heavy atom. The highest BCUT2D eigenvalue weighted by Gasteiger charge is 2.34. The summed E-state index contributed by atoms with van der Waals surface area (Å²) in [6.07, 6.45) is 11.5. The van der Waals surface area contributed by atoms with Gasteiger partial charge in [0.1, 0.15) is 11.6 Å². The molecule has 1 saturated carbocycles. The lowest BCUT2D eigenvalue weighted by Crippen LogP contribution is -2.43. The van der Waals surface area contributed by atoms with Gasteiger partial charge in [-0.2, -0.15) is 0 Å². The van der Waals surface area contributed by atoms with Crippen molar-refractivity contribution >= 4 is 28.8 Å². The lowest BCUT2D eigenvalue weighted by Gasteiger charge is -2.38. The van der Waals surface area contributed by atoms with Crippen molar-refractivity contribution in [3.8, 4) is 0 Å². The number of aromatic nitrogens is 1. The van der Waals surface area contributed by atoms with Gasteiger partial charge in [0, 0.05) is 24.5 Å². The normalized spacial score (nSPS) is 20.8. The Hall–Kier alpha value is -2.21. The molecule has 166 valence electrons. The minimum Gasteiger partial charge on any atom is -0.362 e. The smallest absolute Gasteiger partial charge is 0.170 e. The number of hydrogen-bond donors (Lipinski definition) is 2. The highest BCUT2D eigenvalue weighted by atomic mass is 32.1. The molecule has 4 rings (SSSR count). The number of nitrogens with one attached hydrogen (secondary N) is 2. The SMILES string of the molecule is CC1CCCCN1c1ccc(NC(=S)NCC2(c3ccc(F)cc3)CCCCC2)cn1. The van der Waals surface area contributed by atoms with E-state index in [1.807, 2.05) is 24.4 Å². The lowest BCUT2D eigenvalue weighted by atomic mass is 9.69. The Morgan fingerprint density at radius 3 is 2.55 bits per heavy atom. The minimum atomic E-state index is -0.185. The van der Waals surface area contributed by atoms with Gasteiger partial charge < -0.3 is 15.5 Å². The van der Waals surface area contributed by atoms with Crippen LogP contribution in [0.2, 0.25) is 0 Å². The molecule has 1 unspecified atom stereocenters. The van der Waals surface area contributed by atoms with Crippen molar-refractivity contribution in [1.82, 2.24) is 10.3 Å². The minimum absolute atomic E-state index is 0.00416. The van der Waals surface area contributed by atoms with E-state index in [1.165, 1.54) is 44.1 Å². The van der Waals surface area contributed by atoms with Crippen molar-refractivity contribution in [3.05, 3.63) is 54.0 Å². The number of nitrogens with zero attached hydrogens (tertiary/aromatic N) is 2. The molecule has 1 atom stereocenters. The number of anilines is 2. The highest BCUT2D eigenvalue weighted by molar-refractivity contribution is 7.80. The molecule has 1 aliphatic carbocycles. The van der Waals surface area contributed by atoms with E-state index < -0.39 is 0 Å². The summed E-state index contributed by atoms with van der Waals surface area (Å²) in [5.41, 5.74) is 2.10. The predicted molar refractivity (Wildman–Crippen MR) is 130 cm³/mol. The van der Waals surface area contributed by atoms with Gasteiger partial charge in [0.05, 0.1) is 11.9 Å². The number of piperidine rings is 1. The summed E-state index contributed by atoms with van der Waals surface area (Å²) in [6, 6.07) is 11.7. The van der Waals surface area contributed by atoms with Crippen LogP contribution < -0.4 is 15.5 Å². The molecular weight excluding hydrogens is 407 g/mol. The van der Waals surface area contributed by atoms with Gasteiger partial charge in [-0.3, -0.25) is 0 Å². The maximum Gasteiger partial charge on any atom is 0.170 e. The van der Waals surface area contributed by atoms with Crippen molar-refractivity contribution in [2.45, 2.75) is 69.7 Å². The van der Waals surface area contributed by atoms with E-state index in [1.54, 1.807) is 12.1 Å². The molecule has 2 heterocycles. The lowest BCUT2D eigenvalue weighted by molar-refractivity contribution is 0.292. The molecule has 0 amide bonds. The quantitative estimate of drug-likeness (QED) is 0.576. The second-order valence-corrected chi connectivity index (χ2v) is 9.51. The van der Waals surface area contributed by atoms with E-state index in [2.05, 4.69) is 33.5 Å². The topological polar surface area (TPSA) is 40.2 Å². The van der Waals surface area contributed by atoms with Crippen LogP contribution in [0.5, 0.6) is 0 Å². The van der Waals surface area contributed by atoms with Crippen molar-refractivity contribution < 1.29 is 4.39 Å². The van der Waals surface area contributed by atoms with E-state index >= 15 is 0 Å². The Morgan fingerprint density at radius 2 is 1.87 bits per heavy atom. The molecule has 1 aromatic carbocycles. The van der Waals surface area contributed by atoms with Gasteiger partial charge in [-0.25, -0.2) is 9.37 Å². The third-order valence-corrected chi connectivity index (χ3v) is 7.20. The van der Waals surface area contributed by atoms with Crippen LogP contribution in [0.1, 0.15) is 63.9 Å². The van der Waals surface area contributed by atoms with Gasteiger partial charge in [0.15, 0.2) is 5.11 Å². The second kappa shape index (κ2) is 9.94. The first-order valence-electron chi connectivity index (χ1n) is 11.6. The summed E-state index contributed by atoms with van der Waals surface area (Å²) >= 11 is 5.58. The summed E-state index contributed by atoms with van der Waals surface area (Å²) in [5.74, 6) is 0.851. The first kappa shape index (κ1) is 22.0. The Kier molecular flexibility index (Phi) is 7.06. The average Bonchev–Trinajstić information content (AvgIpc) is 2.80. The molecule has 0 radical (unpaired) electrons.